The van der Waals surface area contributed by atoms with E-state index >= 15 is 0 Å². The fourth-order valence-corrected chi connectivity index (χ4v) is 5.63. The van der Waals surface area contributed by atoms with Crippen molar-refractivity contribution >= 4 is 67.0 Å². The van der Waals surface area contributed by atoms with Crippen molar-refractivity contribution in [2.24, 2.45) is 5.73 Å². The number of rotatable bonds is 6. The predicted octanol–water partition coefficient (Wildman–Crippen LogP) is 2.75. The molecule has 0 spiro atoms. The van der Waals surface area contributed by atoms with E-state index < -0.39 is 27.5 Å². The zero-order valence-electron chi connectivity index (χ0n) is 17.9. The summed E-state index contributed by atoms with van der Waals surface area (Å²) in [7, 11) is -2.39. The van der Waals surface area contributed by atoms with Crippen LogP contribution >= 0.6 is 22.9 Å². The summed E-state index contributed by atoms with van der Waals surface area (Å²) in [5.74, 6) is -0.566. The number of nitrogens with two attached hydrogens (primary N) is 1. The number of amides is 3. The predicted molar refractivity (Wildman–Crippen MR) is 134 cm³/mol. The van der Waals surface area contributed by atoms with Crippen LogP contribution in [0.1, 0.15) is 10.4 Å². The van der Waals surface area contributed by atoms with E-state index in [2.05, 4.69) is 15.6 Å². The Kier molecular flexibility index (Phi) is 6.47. The lowest BCUT2D eigenvalue weighted by molar-refractivity contribution is 0.100. The van der Waals surface area contributed by atoms with Crippen LogP contribution in [-0.4, -0.2) is 37.0 Å². The van der Waals surface area contributed by atoms with Gasteiger partial charge in [-0.05, 0) is 42.5 Å². The molecule has 0 fully saturated rings. The maximum absolute atomic E-state index is 13.1. The van der Waals surface area contributed by atoms with Gasteiger partial charge in [0.05, 0.1) is 21.8 Å². The van der Waals surface area contributed by atoms with Crippen molar-refractivity contribution in [1.29, 1.82) is 0 Å². The second-order valence-corrected chi connectivity index (χ2v) is 10.7. The number of nitrogens with zero attached hydrogens (tertiary/aromatic N) is 2. The number of thiophene rings is 1. The molecule has 1 aromatic carbocycles. The maximum atomic E-state index is 13.1. The van der Waals surface area contributed by atoms with Gasteiger partial charge in [-0.2, -0.15) is 0 Å². The van der Waals surface area contributed by atoms with Crippen LogP contribution in [0.15, 0.2) is 63.9 Å². The maximum Gasteiger partial charge on any atom is 0.333 e. The molecule has 11 nitrogen and oxygen atoms in total. The smallest absolute Gasteiger partial charge is 0.333 e. The third-order valence-corrected chi connectivity index (χ3v) is 7.92. The number of pyridine rings is 2. The van der Waals surface area contributed by atoms with Crippen LogP contribution in [0, 0.1) is 0 Å². The summed E-state index contributed by atoms with van der Waals surface area (Å²) < 4.78 is 27.7. The van der Waals surface area contributed by atoms with E-state index in [1.165, 1.54) is 36.7 Å². The number of nitrogens with one attached hydrogen (secondary N) is 3. The molecule has 0 bridgehead atoms. The molecule has 4 aromatic rings. The number of primary amides is 1. The molecule has 0 unspecified atom stereocenters. The largest absolute Gasteiger partial charge is 0.388 e. The van der Waals surface area contributed by atoms with E-state index in [4.69, 9.17) is 17.3 Å². The number of fused-ring (bicyclic) bond motifs is 1. The van der Waals surface area contributed by atoms with Crippen molar-refractivity contribution in [2.45, 2.75) is 4.21 Å². The highest BCUT2D eigenvalue weighted by molar-refractivity contribution is 7.92. The van der Waals surface area contributed by atoms with Crippen molar-refractivity contribution in [3.05, 3.63) is 75.1 Å². The Morgan fingerprint density at radius 1 is 1.09 bits per heavy atom. The molecule has 0 radical (unpaired) electrons. The molecule has 5 N–H and O–H groups in total. The van der Waals surface area contributed by atoms with Gasteiger partial charge in [-0.1, -0.05) is 11.6 Å². The Morgan fingerprint density at radius 2 is 1.83 bits per heavy atom. The summed E-state index contributed by atoms with van der Waals surface area (Å²) >= 11 is 6.55. The second-order valence-electron chi connectivity index (χ2n) is 7.12. The third-order valence-electron chi connectivity index (χ3n) is 4.86. The average Bonchev–Trinajstić information content (AvgIpc) is 3.26. The van der Waals surface area contributed by atoms with E-state index in [-0.39, 0.29) is 31.0 Å². The third kappa shape index (κ3) is 4.96. The van der Waals surface area contributed by atoms with Crippen molar-refractivity contribution in [2.75, 3.05) is 17.7 Å². The van der Waals surface area contributed by atoms with Crippen LogP contribution < -0.4 is 26.6 Å². The average molecular weight is 533 g/mol. The first-order chi connectivity index (χ1) is 16.6. The summed E-state index contributed by atoms with van der Waals surface area (Å²) in [5, 5.41) is 5.96. The van der Waals surface area contributed by atoms with Gasteiger partial charge in [0, 0.05) is 29.7 Å². The van der Waals surface area contributed by atoms with Crippen molar-refractivity contribution in [3.63, 3.8) is 0 Å². The van der Waals surface area contributed by atoms with Gasteiger partial charge in [0.15, 0.2) is 0 Å². The van der Waals surface area contributed by atoms with E-state index in [9.17, 15) is 22.8 Å². The first-order valence-corrected chi connectivity index (χ1v) is 12.5. The second kappa shape index (κ2) is 9.37. The van der Waals surface area contributed by atoms with Gasteiger partial charge in [-0.3, -0.25) is 14.2 Å². The van der Waals surface area contributed by atoms with Gasteiger partial charge < -0.3 is 16.4 Å². The van der Waals surface area contributed by atoms with E-state index in [1.807, 2.05) is 4.72 Å². The Labute approximate surface area is 207 Å². The number of hydrogen-bond donors (Lipinski definition) is 4. The van der Waals surface area contributed by atoms with Crippen LogP contribution in [0.3, 0.4) is 0 Å². The highest BCUT2D eigenvalue weighted by atomic mass is 35.5. The Balaban J connectivity index is 1.60. The number of aromatic nitrogens is 2. The number of urea groups is 1. The van der Waals surface area contributed by atoms with Crippen LogP contribution in [-0.2, 0) is 10.0 Å². The fourth-order valence-electron chi connectivity index (χ4n) is 3.24. The quantitative estimate of drug-likeness (QED) is 0.296. The SMILES string of the molecule is CNc1ccc2c(=O)n(-c3ccc(NC(=O)NS(=O)(=O)c4ccc(Cl)s4)cn3)cc(C(N)=O)c2c1. The van der Waals surface area contributed by atoms with Gasteiger partial charge in [0.25, 0.3) is 21.5 Å². The molecule has 0 aliphatic rings. The molecule has 3 amide bonds. The summed E-state index contributed by atoms with van der Waals surface area (Å²) in [6, 6.07) is 9.43. The summed E-state index contributed by atoms with van der Waals surface area (Å²) in [6.45, 7) is 0. The molecule has 0 atom stereocenters. The Bertz CT molecular complexity index is 1630. The molecule has 0 saturated carbocycles. The summed E-state index contributed by atoms with van der Waals surface area (Å²) in [6.07, 6.45) is 2.53. The van der Waals surface area contributed by atoms with Gasteiger partial charge in [-0.15, -0.1) is 11.3 Å². The van der Waals surface area contributed by atoms with Crippen LogP contribution in [0.5, 0.6) is 0 Å². The molecular formula is C21H17ClN6O5S2. The zero-order chi connectivity index (χ0) is 25.3. The van der Waals surface area contributed by atoms with Crippen molar-refractivity contribution < 1.29 is 18.0 Å². The van der Waals surface area contributed by atoms with Crippen LogP contribution in [0.2, 0.25) is 4.34 Å². The Morgan fingerprint density at radius 3 is 2.43 bits per heavy atom. The van der Waals surface area contributed by atoms with Crippen LogP contribution in [0.4, 0.5) is 16.2 Å². The number of hydrogen-bond acceptors (Lipinski definition) is 8. The van der Waals surface area contributed by atoms with Gasteiger partial charge in [0.2, 0.25) is 0 Å². The first kappa shape index (κ1) is 24.2. The zero-order valence-corrected chi connectivity index (χ0v) is 20.3. The Hall–Kier alpha value is -3.94. The van der Waals surface area contributed by atoms with Gasteiger partial charge >= 0.3 is 6.03 Å². The minimum absolute atomic E-state index is 0.117. The lowest BCUT2D eigenvalue weighted by Gasteiger charge is -2.12. The number of anilines is 2. The minimum atomic E-state index is -4.10. The van der Waals surface area contributed by atoms with Crippen molar-refractivity contribution in [1.82, 2.24) is 14.3 Å². The molecule has 0 aliphatic heterocycles. The molecule has 0 saturated heterocycles. The molecule has 180 valence electrons. The van der Waals surface area contributed by atoms with Crippen molar-refractivity contribution in [3.8, 4) is 5.82 Å². The standard InChI is InChI=1S/C21H17ClN6O5S2/c1-24-11-2-4-13-14(8-11)15(19(23)29)10-28(20(13)30)17-6-3-12(9-25-17)26-21(31)27-35(32,33)18-7-5-16(22)34-18/h2-10,24H,1H3,(H2,23,29)(H2,26,27,31). The highest BCUT2D eigenvalue weighted by Gasteiger charge is 2.20. The molecule has 35 heavy (non-hydrogen) atoms. The summed E-state index contributed by atoms with van der Waals surface area (Å²) in [5.41, 5.74) is 6.09. The van der Waals surface area contributed by atoms with Gasteiger partial charge in [-0.25, -0.2) is 22.9 Å². The number of carbonyl (C=O) groups is 2. The minimum Gasteiger partial charge on any atom is -0.388 e. The molecule has 14 heteroatoms. The number of sulfonamides is 1. The molecular weight excluding hydrogens is 516 g/mol. The highest BCUT2D eigenvalue weighted by Crippen LogP contribution is 2.25. The molecule has 0 aliphatic carbocycles. The number of benzene rings is 1. The number of halogens is 1. The van der Waals surface area contributed by atoms with E-state index in [0.29, 0.717) is 11.1 Å². The molecule has 3 heterocycles. The lowest BCUT2D eigenvalue weighted by atomic mass is 10.1. The molecule has 4 rings (SSSR count). The van der Waals surface area contributed by atoms with E-state index in [1.54, 1.807) is 25.2 Å². The van der Waals surface area contributed by atoms with Crippen LogP contribution in [0.25, 0.3) is 16.6 Å². The fraction of sp³-hybridized carbons (Fsp3) is 0.0476. The number of carbonyl (C=O) groups excluding carboxylic acids is 2. The molecule has 3 aromatic heterocycles. The first-order valence-electron chi connectivity index (χ1n) is 9.81. The normalized spacial score (nSPS) is 11.3. The monoisotopic (exact) mass is 532 g/mol. The van der Waals surface area contributed by atoms with Gasteiger partial charge in [0.1, 0.15) is 10.0 Å². The van der Waals surface area contributed by atoms with E-state index in [0.717, 1.165) is 15.9 Å². The summed E-state index contributed by atoms with van der Waals surface area (Å²) in [4.78, 5) is 41.4. The topological polar surface area (TPSA) is 165 Å². The lowest BCUT2D eigenvalue weighted by Crippen LogP contribution is -2.34.